The summed E-state index contributed by atoms with van der Waals surface area (Å²) < 4.78 is 1.80. The lowest BCUT2D eigenvalue weighted by molar-refractivity contribution is -0.151. The lowest BCUT2D eigenvalue weighted by Gasteiger charge is -2.48. The van der Waals surface area contributed by atoms with Crippen molar-refractivity contribution >= 4 is 22.7 Å². The van der Waals surface area contributed by atoms with Crippen molar-refractivity contribution in [1.29, 1.82) is 0 Å². The maximum atomic E-state index is 12.2. The zero-order chi connectivity index (χ0) is 13.2. The van der Waals surface area contributed by atoms with Gasteiger partial charge in [-0.2, -0.15) is 5.10 Å². The van der Waals surface area contributed by atoms with Gasteiger partial charge >= 0.3 is 0 Å². The van der Waals surface area contributed by atoms with Crippen LogP contribution in [0.4, 0.5) is 0 Å². The van der Waals surface area contributed by atoms with Crippen molar-refractivity contribution in [2.45, 2.75) is 18.3 Å². The van der Waals surface area contributed by atoms with Crippen LogP contribution in [-0.4, -0.2) is 21.6 Å². The molecular weight excluding hydrogens is 242 g/mol. The molecule has 0 atom stereocenters. The van der Waals surface area contributed by atoms with Crippen molar-refractivity contribution in [3.05, 3.63) is 30.0 Å². The Bertz CT molecular complexity index is 725. The maximum absolute atomic E-state index is 12.2. The molecule has 2 aromatic rings. The molecule has 2 saturated heterocycles. The van der Waals surface area contributed by atoms with Crippen LogP contribution in [0.1, 0.15) is 18.5 Å². The van der Waals surface area contributed by atoms with Crippen molar-refractivity contribution < 1.29 is 9.59 Å². The number of fused-ring (bicyclic) bond motifs is 3. The number of rotatable bonds is 1. The van der Waals surface area contributed by atoms with Crippen molar-refractivity contribution in [1.82, 2.24) is 15.1 Å². The Hall–Kier alpha value is -2.17. The minimum atomic E-state index is -0.598. The van der Waals surface area contributed by atoms with Crippen LogP contribution >= 0.6 is 0 Å². The summed E-state index contributed by atoms with van der Waals surface area (Å²) >= 11 is 0. The molecule has 2 aliphatic heterocycles. The number of piperidine rings is 2. The summed E-state index contributed by atoms with van der Waals surface area (Å²) in [5.74, 6) is -0.352. The minimum Gasteiger partial charge on any atom is -0.295 e. The van der Waals surface area contributed by atoms with Gasteiger partial charge in [-0.1, -0.05) is 18.2 Å². The molecule has 3 aliphatic rings. The molecule has 1 aliphatic carbocycles. The molecule has 1 aromatic carbocycles. The molecule has 96 valence electrons. The number of benzene rings is 1. The molecule has 5 nitrogen and oxygen atoms in total. The molecule has 1 N–H and O–H groups in total. The minimum absolute atomic E-state index is 0.0292. The smallest absolute Gasteiger partial charge is 0.238 e. The normalized spacial score (nSPS) is 29.2. The Balaban J connectivity index is 1.92. The summed E-state index contributed by atoms with van der Waals surface area (Å²) in [5, 5.41) is 8.02. The van der Waals surface area contributed by atoms with Gasteiger partial charge in [-0.3, -0.25) is 19.6 Å². The Morgan fingerprint density at radius 2 is 2.05 bits per heavy atom. The van der Waals surface area contributed by atoms with Crippen LogP contribution < -0.4 is 5.32 Å². The third-order valence-electron chi connectivity index (χ3n) is 4.44. The van der Waals surface area contributed by atoms with Gasteiger partial charge in [-0.15, -0.1) is 0 Å². The average molecular weight is 255 g/mol. The van der Waals surface area contributed by atoms with Crippen LogP contribution in [0.5, 0.6) is 0 Å². The van der Waals surface area contributed by atoms with Gasteiger partial charge in [0.05, 0.1) is 16.6 Å². The first-order chi connectivity index (χ1) is 9.12. The lowest BCUT2D eigenvalue weighted by Crippen LogP contribution is -2.64. The van der Waals surface area contributed by atoms with E-state index in [4.69, 9.17) is 0 Å². The second-order valence-electron chi connectivity index (χ2n) is 5.50. The summed E-state index contributed by atoms with van der Waals surface area (Å²) in [6.45, 7) is 0. The number of hydrogen-bond acceptors (Lipinski definition) is 3. The first kappa shape index (κ1) is 10.7. The Labute approximate surface area is 109 Å². The molecule has 1 saturated carbocycles. The summed E-state index contributed by atoms with van der Waals surface area (Å²) in [6.07, 6.45) is 1.19. The predicted octanol–water partition coefficient (Wildman–Crippen LogP) is 0.877. The number of amides is 2. The molecule has 5 heteroatoms. The van der Waals surface area contributed by atoms with Crippen LogP contribution in [0.2, 0.25) is 0 Å². The maximum Gasteiger partial charge on any atom is 0.238 e. The van der Waals surface area contributed by atoms with Gasteiger partial charge in [-0.05, 0) is 18.9 Å². The Morgan fingerprint density at radius 3 is 2.79 bits per heavy atom. The van der Waals surface area contributed by atoms with Gasteiger partial charge in [0.25, 0.3) is 0 Å². The molecule has 0 unspecified atom stereocenters. The summed E-state index contributed by atoms with van der Waals surface area (Å²) in [4.78, 5) is 23.8. The van der Waals surface area contributed by atoms with Gasteiger partial charge in [-0.25, -0.2) is 0 Å². The van der Waals surface area contributed by atoms with Gasteiger partial charge in [0.15, 0.2) is 0 Å². The van der Waals surface area contributed by atoms with Gasteiger partial charge < -0.3 is 0 Å². The van der Waals surface area contributed by atoms with Crippen LogP contribution in [-0.2, 0) is 22.1 Å². The zero-order valence-electron chi connectivity index (χ0n) is 10.5. The molecule has 0 radical (unpaired) electrons. The quantitative estimate of drug-likeness (QED) is 0.769. The molecule has 2 bridgehead atoms. The van der Waals surface area contributed by atoms with Crippen molar-refractivity contribution in [2.24, 2.45) is 13.0 Å². The number of aryl methyl sites for hydroxylation is 1. The van der Waals surface area contributed by atoms with Crippen molar-refractivity contribution in [3.8, 4) is 0 Å². The number of para-hydroxylation sites is 1. The van der Waals surface area contributed by atoms with E-state index in [9.17, 15) is 9.59 Å². The standard InChI is InChI=1S/C14H13N3O2/c1-17-10-5-3-2-4-9(10)11(16-17)14-6-8(7-14)12(18)15-13(14)19/h2-5,8H,6-7H2,1H3,(H,15,18,19). The monoisotopic (exact) mass is 255 g/mol. The predicted molar refractivity (Wildman–Crippen MR) is 68.3 cm³/mol. The second-order valence-corrected chi connectivity index (χ2v) is 5.50. The Morgan fingerprint density at radius 1 is 1.32 bits per heavy atom. The van der Waals surface area contributed by atoms with E-state index in [1.807, 2.05) is 31.3 Å². The molecule has 19 heavy (non-hydrogen) atoms. The molecule has 5 rings (SSSR count). The molecule has 3 fully saturated rings. The number of imide groups is 1. The molecule has 1 aromatic heterocycles. The van der Waals surface area contributed by atoms with E-state index in [2.05, 4.69) is 10.4 Å². The average Bonchev–Trinajstić information content (AvgIpc) is 2.66. The van der Waals surface area contributed by atoms with E-state index in [0.717, 1.165) is 16.6 Å². The third kappa shape index (κ3) is 1.17. The van der Waals surface area contributed by atoms with Crippen LogP contribution in [0, 0.1) is 5.92 Å². The van der Waals surface area contributed by atoms with E-state index in [1.54, 1.807) is 4.68 Å². The molecule has 0 spiro atoms. The van der Waals surface area contributed by atoms with E-state index < -0.39 is 5.41 Å². The molecule has 2 amide bonds. The summed E-state index contributed by atoms with van der Waals surface area (Å²) in [5.41, 5.74) is 1.23. The lowest BCUT2D eigenvalue weighted by atomic mass is 9.56. The first-order valence-electron chi connectivity index (χ1n) is 6.39. The first-order valence-corrected chi connectivity index (χ1v) is 6.39. The highest BCUT2D eigenvalue weighted by atomic mass is 16.2. The highest BCUT2D eigenvalue weighted by Gasteiger charge is 2.60. The molecular formula is C14H13N3O2. The zero-order valence-corrected chi connectivity index (χ0v) is 10.5. The van der Waals surface area contributed by atoms with Gasteiger partial charge in [0.1, 0.15) is 0 Å². The third-order valence-corrected chi connectivity index (χ3v) is 4.44. The Kier molecular flexibility index (Phi) is 1.82. The molecule has 3 heterocycles. The van der Waals surface area contributed by atoms with E-state index in [1.165, 1.54) is 0 Å². The highest BCUT2D eigenvalue weighted by Crippen LogP contribution is 2.51. The topological polar surface area (TPSA) is 64.0 Å². The number of carbonyl (C=O) groups is 2. The fourth-order valence-corrected chi connectivity index (χ4v) is 3.35. The number of nitrogens with one attached hydrogen (secondary N) is 1. The van der Waals surface area contributed by atoms with E-state index in [0.29, 0.717) is 12.8 Å². The largest absolute Gasteiger partial charge is 0.295 e. The number of aromatic nitrogens is 2. The number of carbonyl (C=O) groups excluding carboxylic acids is 2. The summed E-state index contributed by atoms with van der Waals surface area (Å²) in [6, 6.07) is 7.89. The number of hydrogen-bond donors (Lipinski definition) is 1. The van der Waals surface area contributed by atoms with Crippen molar-refractivity contribution in [2.75, 3.05) is 0 Å². The fraction of sp³-hybridized carbons (Fsp3) is 0.357. The second kappa shape index (κ2) is 3.23. The summed E-state index contributed by atoms with van der Waals surface area (Å²) in [7, 11) is 1.88. The van der Waals surface area contributed by atoms with Gasteiger partial charge in [0, 0.05) is 18.4 Å². The van der Waals surface area contributed by atoms with E-state index >= 15 is 0 Å². The number of nitrogens with zero attached hydrogens (tertiary/aromatic N) is 2. The van der Waals surface area contributed by atoms with Gasteiger partial charge in [0.2, 0.25) is 11.8 Å². The van der Waals surface area contributed by atoms with Crippen LogP contribution in [0.3, 0.4) is 0 Å². The highest BCUT2D eigenvalue weighted by molar-refractivity contribution is 6.09. The van der Waals surface area contributed by atoms with Crippen LogP contribution in [0.15, 0.2) is 24.3 Å². The van der Waals surface area contributed by atoms with Crippen LogP contribution in [0.25, 0.3) is 10.9 Å². The van der Waals surface area contributed by atoms with E-state index in [-0.39, 0.29) is 17.7 Å². The fourth-order valence-electron chi connectivity index (χ4n) is 3.35. The SMILES string of the molecule is Cn1nc(C23CC(C2)C(=O)NC3=O)c2ccccc21. The van der Waals surface area contributed by atoms with Crippen molar-refractivity contribution in [3.63, 3.8) is 0 Å².